The summed E-state index contributed by atoms with van der Waals surface area (Å²) >= 11 is 0. The lowest BCUT2D eigenvalue weighted by molar-refractivity contribution is -0.518. The maximum absolute atomic E-state index is 11.0. The Morgan fingerprint density at radius 1 is 1.62 bits per heavy atom. The van der Waals surface area contributed by atoms with Crippen molar-refractivity contribution in [3.63, 3.8) is 0 Å². The minimum absolute atomic E-state index is 0.209. The van der Waals surface area contributed by atoms with Crippen molar-refractivity contribution in [1.29, 1.82) is 0 Å². The Bertz CT molecular complexity index is 223. The van der Waals surface area contributed by atoms with Crippen LogP contribution in [0.2, 0.25) is 0 Å². The highest BCUT2D eigenvalue weighted by atomic mass is 16.5. The Kier molecular flexibility index (Phi) is 3.73. The molecule has 0 bridgehead atoms. The molecule has 1 aliphatic heterocycles. The number of hydrogen-bond acceptors (Lipinski definition) is 3. The number of carbonyl (C=O) groups excluding carboxylic acids is 1. The van der Waals surface area contributed by atoms with Crippen LogP contribution in [0.1, 0.15) is 19.8 Å². The molecule has 0 aromatic carbocycles. The van der Waals surface area contributed by atoms with Crippen LogP contribution in [0.15, 0.2) is 0 Å². The maximum atomic E-state index is 11.0. The van der Waals surface area contributed by atoms with Gasteiger partial charge in [-0.1, -0.05) is 0 Å². The van der Waals surface area contributed by atoms with Crippen LogP contribution in [0, 0.1) is 0 Å². The van der Waals surface area contributed by atoms with Gasteiger partial charge in [-0.3, -0.25) is 0 Å². The summed E-state index contributed by atoms with van der Waals surface area (Å²) in [7, 11) is 1.40. The third-order valence-corrected chi connectivity index (χ3v) is 2.03. The van der Waals surface area contributed by atoms with Gasteiger partial charge in [0, 0.05) is 6.42 Å². The van der Waals surface area contributed by atoms with Crippen molar-refractivity contribution in [3.05, 3.63) is 0 Å². The van der Waals surface area contributed by atoms with Gasteiger partial charge in [-0.15, -0.1) is 0 Å². The molecule has 0 aromatic heterocycles. The monoisotopic (exact) mass is 186 g/mol. The third-order valence-electron chi connectivity index (χ3n) is 2.03. The van der Waals surface area contributed by atoms with E-state index in [1.165, 1.54) is 7.11 Å². The summed E-state index contributed by atoms with van der Waals surface area (Å²) in [5.41, 5.74) is 0. The zero-order valence-electron chi connectivity index (χ0n) is 8.21. The lowest BCUT2D eigenvalue weighted by Gasteiger charge is -2.01. The number of nitrogens with zero attached hydrogens (tertiary/aromatic N) is 1. The highest BCUT2D eigenvalue weighted by Crippen LogP contribution is 2.05. The van der Waals surface area contributed by atoms with E-state index in [-0.39, 0.29) is 5.97 Å². The molecule has 0 amide bonds. The standard InChI is InChI=1S/C9H16NO3/c1-3-13-8-5-4-6-10(8)7-9(11)12-2/h3-7H2,1-2H3/q+1. The highest BCUT2D eigenvalue weighted by molar-refractivity contribution is 5.75. The van der Waals surface area contributed by atoms with Crippen molar-refractivity contribution in [3.8, 4) is 0 Å². The molecule has 0 aromatic rings. The fourth-order valence-corrected chi connectivity index (χ4v) is 1.42. The summed E-state index contributed by atoms with van der Waals surface area (Å²) in [5, 5.41) is 0. The first kappa shape index (κ1) is 10.0. The van der Waals surface area contributed by atoms with Gasteiger partial charge >= 0.3 is 11.9 Å². The molecular weight excluding hydrogens is 170 g/mol. The molecule has 0 radical (unpaired) electrons. The van der Waals surface area contributed by atoms with Crippen molar-refractivity contribution >= 4 is 11.9 Å². The van der Waals surface area contributed by atoms with Crippen molar-refractivity contribution in [2.75, 3.05) is 26.8 Å². The normalized spacial score (nSPS) is 16.2. The van der Waals surface area contributed by atoms with E-state index >= 15 is 0 Å². The van der Waals surface area contributed by atoms with Crippen LogP contribution >= 0.6 is 0 Å². The van der Waals surface area contributed by atoms with Gasteiger partial charge in [0.25, 0.3) is 0 Å². The maximum Gasteiger partial charge on any atom is 0.372 e. The number of esters is 1. The summed E-state index contributed by atoms with van der Waals surface area (Å²) in [6.45, 7) is 3.81. The molecule has 1 heterocycles. The van der Waals surface area contributed by atoms with Crippen LogP contribution in [0.25, 0.3) is 0 Å². The summed E-state index contributed by atoms with van der Waals surface area (Å²) in [6.07, 6.45) is 2.00. The van der Waals surface area contributed by atoms with E-state index in [0.717, 1.165) is 25.3 Å². The Labute approximate surface area is 78.1 Å². The SMILES string of the molecule is CCOC1=[N+](CC(=O)OC)CCC1. The van der Waals surface area contributed by atoms with Crippen LogP contribution in [0.5, 0.6) is 0 Å². The van der Waals surface area contributed by atoms with Crippen LogP contribution in [-0.4, -0.2) is 43.2 Å². The molecule has 0 saturated heterocycles. The molecule has 0 unspecified atom stereocenters. The number of methoxy groups -OCH3 is 1. The molecule has 0 aliphatic carbocycles. The molecule has 0 N–H and O–H groups in total. The van der Waals surface area contributed by atoms with Gasteiger partial charge in [-0.2, -0.15) is 4.58 Å². The Hall–Kier alpha value is -1.06. The fourth-order valence-electron chi connectivity index (χ4n) is 1.42. The van der Waals surface area contributed by atoms with Crippen LogP contribution in [-0.2, 0) is 14.3 Å². The first-order chi connectivity index (χ1) is 6.27. The molecule has 1 aliphatic rings. The van der Waals surface area contributed by atoms with Crippen LogP contribution < -0.4 is 0 Å². The van der Waals surface area contributed by atoms with E-state index < -0.39 is 0 Å². The van der Waals surface area contributed by atoms with E-state index in [1.54, 1.807) is 0 Å². The predicted molar refractivity (Wildman–Crippen MR) is 47.9 cm³/mol. The van der Waals surface area contributed by atoms with E-state index in [2.05, 4.69) is 4.74 Å². The zero-order valence-corrected chi connectivity index (χ0v) is 8.21. The smallest absolute Gasteiger partial charge is 0.372 e. The second-order valence-corrected chi connectivity index (χ2v) is 2.93. The lowest BCUT2D eigenvalue weighted by Crippen LogP contribution is -2.25. The van der Waals surface area contributed by atoms with Gasteiger partial charge in [-0.25, -0.2) is 4.79 Å². The fraction of sp³-hybridized carbons (Fsp3) is 0.778. The number of carbonyl (C=O) groups is 1. The average Bonchev–Trinajstić information content (AvgIpc) is 2.54. The number of ether oxygens (including phenoxy) is 2. The van der Waals surface area contributed by atoms with Crippen LogP contribution in [0.4, 0.5) is 0 Å². The molecule has 0 spiro atoms. The first-order valence-corrected chi connectivity index (χ1v) is 4.58. The van der Waals surface area contributed by atoms with Crippen LogP contribution in [0.3, 0.4) is 0 Å². The minimum Gasteiger partial charge on any atom is -0.464 e. The van der Waals surface area contributed by atoms with Crippen molar-refractivity contribution in [2.24, 2.45) is 0 Å². The molecule has 4 heteroatoms. The largest absolute Gasteiger partial charge is 0.464 e. The number of hydrogen-bond donors (Lipinski definition) is 0. The van der Waals surface area contributed by atoms with E-state index in [9.17, 15) is 4.79 Å². The molecular formula is C9H16NO3+. The summed E-state index contributed by atoms with van der Waals surface area (Å²) in [5.74, 6) is 0.715. The van der Waals surface area contributed by atoms with Gasteiger partial charge in [-0.05, 0) is 6.92 Å². The van der Waals surface area contributed by atoms with E-state index in [1.807, 2.05) is 11.5 Å². The molecule has 1 rings (SSSR count). The van der Waals surface area contributed by atoms with Gasteiger partial charge < -0.3 is 9.47 Å². The molecule has 13 heavy (non-hydrogen) atoms. The first-order valence-electron chi connectivity index (χ1n) is 4.58. The van der Waals surface area contributed by atoms with E-state index in [4.69, 9.17) is 4.74 Å². The number of rotatable bonds is 3. The predicted octanol–water partition coefficient (Wildman–Crippen LogP) is 0.401. The van der Waals surface area contributed by atoms with Gasteiger partial charge in [0.2, 0.25) is 6.54 Å². The third kappa shape index (κ3) is 2.72. The molecule has 0 saturated carbocycles. The van der Waals surface area contributed by atoms with Gasteiger partial charge in [0.15, 0.2) is 0 Å². The Morgan fingerprint density at radius 3 is 3.00 bits per heavy atom. The van der Waals surface area contributed by atoms with Crippen molar-refractivity contribution in [2.45, 2.75) is 19.8 Å². The van der Waals surface area contributed by atoms with E-state index in [0.29, 0.717) is 13.2 Å². The average molecular weight is 186 g/mol. The Balaban J connectivity index is 2.54. The van der Waals surface area contributed by atoms with Gasteiger partial charge in [0.1, 0.15) is 6.54 Å². The molecule has 0 fully saturated rings. The van der Waals surface area contributed by atoms with Gasteiger partial charge in [0.05, 0.1) is 20.1 Å². The second kappa shape index (κ2) is 4.84. The highest BCUT2D eigenvalue weighted by Gasteiger charge is 2.25. The summed E-state index contributed by atoms with van der Waals surface area (Å²) in [4.78, 5) is 11.0. The summed E-state index contributed by atoms with van der Waals surface area (Å²) < 4.78 is 11.9. The topological polar surface area (TPSA) is 38.5 Å². The second-order valence-electron chi connectivity index (χ2n) is 2.93. The minimum atomic E-state index is -0.209. The summed E-state index contributed by atoms with van der Waals surface area (Å²) in [6, 6.07) is 0. The zero-order chi connectivity index (χ0) is 9.68. The Morgan fingerprint density at radius 2 is 2.38 bits per heavy atom. The lowest BCUT2D eigenvalue weighted by atomic mass is 10.4. The molecule has 74 valence electrons. The van der Waals surface area contributed by atoms with Crippen molar-refractivity contribution < 1.29 is 18.8 Å². The molecule has 4 nitrogen and oxygen atoms in total. The quantitative estimate of drug-likeness (QED) is 0.473. The van der Waals surface area contributed by atoms with Crippen molar-refractivity contribution in [1.82, 2.24) is 0 Å². The molecule has 0 atom stereocenters.